The lowest BCUT2D eigenvalue weighted by atomic mass is 10.0. The summed E-state index contributed by atoms with van der Waals surface area (Å²) >= 11 is 0. The van der Waals surface area contributed by atoms with Gasteiger partial charge in [-0.25, -0.2) is 0 Å². The summed E-state index contributed by atoms with van der Waals surface area (Å²) in [5.41, 5.74) is 0. The van der Waals surface area contributed by atoms with Gasteiger partial charge in [-0.3, -0.25) is 14.5 Å². The number of nitrogens with one attached hydrogen (secondary N) is 1. The second-order valence-electron chi connectivity index (χ2n) is 5.29. The third kappa shape index (κ3) is 7.12. The van der Waals surface area contributed by atoms with Crippen molar-refractivity contribution >= 4 is 11.9 Å². The van der Waals surface area contributed by atoms with Crippen LogP contribution in [0.2, 0.25) is 0 Å². The van der Waals surface area contributed by atoms with E-state index in [-0.39, 0.29) is 30.7 Å². The van der Waals surface area contributed by atoms with E-state index in [0.717, 1.165) is 32.8 Å². The molecule has 110 valence electrons. The highest BCUT2D eigenvalue weighted by Crippen LogP contribution is 2.07. The Kier molecular flexibility index (Phi) is 6.80. The van der Waals surface area contributed by atoms with E-state index in [4.69, 9.17) is 9.84 Å². The number of amides is 1. The predicted octanol–water partition coefficient (Wildman–Crippen LogP) is 0.324. The maximum atomic E-state index is 11.7. The molecule has 0 radical (unpaired) electrons. The fraction of sp³-hybridized carbons (Fsp3) is 0.846. The van der Waals surface area contributed by atoms with Crippen molar-refractivity contribution in [2.45, 2.75) is 32.7 Å². The van der Waals surface area contributed by atoms with Crippen molar-refractivity contribution in [1.29, 1.82) is 0 Å². The van der Waals surface area contributed by atoms with Gasteiger partial charge in [0.15, 0.2) is 0 Å². The average Bonchev–Trinajstić information content (AvgIpc) is 2.28. The molecule has 6 heteroatoms. The van der Waals surface area contributed by atoms with Gasteiger partial charge in [0.1, 0.15) is 0 Å². The van der Waals surface area contributed by atoms with Crippen molar-refractivity contribution < 1.29 is 19.4 Å². The van der Waals surface area contributed by atoms with Crippen LogP contribution in [0.4, 0.5) is 0 Å². The highest BCUT2D eigenvalue weighted by Gasteiger charge is 2.17. The second kappa shape index (κ2) is 8.12. The molecule has 0 bridgehead atoms. The number of rotatable bonds is 7. The van der Waals surface area contributed by atoms with Gasteiger partial charge in [-0.15, -0.1) is 0 Å². The molecular weight excluding hydrogens is 248 g/mol. The van der Waals surface area contributed by atoms with Crippen molar-refractivity contribution in [2.24, 2.45) is 5.92 Å². The van der Waals surface area contributed by atoms with Gasteiger partial charge in [-0.2, -0.15) is 0 Å². The molecule has 1 amide bonds. The zero-order valence-corrected chi connectivity index (χ0v) is 11.7. The van der Waals surface area contributed by atoms with E-state index in [2.05, 4.69) is 10.2 Å². The predicted molar refractivity (Wildman–Crippen MR) is 70.9 cm³/mol. The fourth-order valence-corrected chi connectivity index (χ4v) is 2.24. The van der Waals surface area contributed by atoms with Crippen LogP contribution in [0.3, 0.4) is 0 Å². The smallest absolute Gasteiger partial charge is 0.303 e. The van der Waals surface area contributed by atoms with Gasteiger partial charge >= 0.3 is 5.97 Å². The molecule has 0 aromatic heterocycles. The Bertz CT molecular complexity index is 303. The van der Waals surface area contributed by atoms with E-state index in [0.29, 0.717) is 0 Å². The molecule has 2 atom stereocenters. The Labute approximate surface area is 114 Å². The number of carboxylic acids is 1. The van der Waals surface area contributed by atoms with Gasteiger partial charge in [-0.05, 0) is 12.8 Å². The fourth-order valence-electron chi connectivity index (χ4n) is 2.24. The Morgan fingerprint density at radius 2 is 1.89 bits per heavy atom. The Morgan fingerprint density at radius 3 is 2.47 bits per heavy atom. The summed E-state index contributed by atoms with van der Waals surface area (Å²) in [6.45, 7) is 7.84. The number of hydrogen-bond acceptors (Lipinski definition) is 4. The Balaban J connectivity index is 2.21. The maximum absolute atomic E-state index is 11.7. The highest BCUT2D eigenvalue weighted by molar-refractivity contribution is 5.77. The molecular formula is C13H24N2O4. The minimum Gasteiger partial charge on any atom is -0.481 e. The van der Waals surface area contributed by atoms with Crippen LogP contribution < -0.4 is 5.32 Å². The summed E-state index contributed by atoms with van der Waals surface area (Å²) in [5, 5.41) is 11.6. The largest absolute Gasteiger partial charge is 0.481 e. The standard InChI is InChI=1S/C13H24N2O4/c1-10(8-13(17)18)7-12(16)14-11(2)9-15-3-5-19-6-4-15/h10-11H,3-9H2,1-2H3,(H,14,16)(H,17,18). The van der Waals surface area contributed by atoms with E-state index < -0.39 is 5.97 Å². The number of carboxylic acid groups (broad SMARTS) is 1. The van der Waals surface area contributed by atoms with Crippen LogP contribution in [0, 0.1) is 5.92 Å². The normalized spacial score (nSPS) is 19.7. The zero-order valence-electron chi connectivity index (χ0n) is 11.7. The summed E-state index contributed by atoms with van der Waals surface area (Å²) in [6.07, 6.45) is 0.297. The number of aliphatic carboxylic acids is 1. The van der Waals surface area contributed by atoms with Gasteiger partial charge in [0.05, 0.1) is 13.2 Å². The van der Waals surface area contributed by atoms with Gasteiger partial charge < -0.3 is 15.2 Å². The Morgan fingerprint density at radius 1 is 1.26 bits per heavy atom. The minimum atomic E-state index is -0.860. The lowest BCUT2D eigenvalue weighted by molar-refractivity contribution is -0.138. The van der Waals surface area contributed by atoms with Crippen LogP contribution in [0.1, 0.15) is 26.7 Å². The molecule has 2 unspecified atom stereocenters. The number of hydrogen-bond donors (Lipinski definition) is 2. The minimum absolute atomic E-state index is 0.0330. The quantitative estimate of drug-likeness (QED) is 0.698. The lowest BCUT2D eigenvalue weighted by Crippen LogP contribution is -2.46. The van der Waals surface area contributed by atoms with Crippen LogP contribution in [-0.4, -0.2) is 60.8 Å². The van der Waals surface area contributed by atoms with Gasteiger partial charge in [-0.1, -0.05) is 6.92 Å². The van der Waals surface area contributed by atoms with E-state index in [1.165, 1.54) is 0 Å². The van der Waals surface area contributed by atoms with E-state index >= 15 is 0 Å². The first-order chi connectivity index (χ1) is 8.97. The van der Waals surface area contributed by atoms with Crippen molar-refractivity contribution in [2.75, 3.05) is 32.8 Å². The molecule has 0 aromatic carbocycles. The number of ether oxygens (including phenoxy) is 1. The van der Waals surface area contributed by atoms with Crippen LogP contribution in [0.15, 0.2) is 0 Å². The molecule has 1 fully saturated rings. The van der Waals surface area contributed by atoms with Crippen LogP contribution in [0.25, 0.3) is 0 Å². The number of nitrogens with zero attached hydrogens (tertiary/aromatic N) is 1. The van der Waals surface area contributed by atoms with Crippen LogP contribution >= 0.6 is 0 Å². The number of carbonyl (C=O) groups excluding carboxylic acids is 1. The first-order valence-corrected chi connectivity index (χ1v) is 6.78. The third-order valence-corrected chi connectivity index (χ3v) is 3.10. The van der Waals surface area contributed by atoms with Crippen LogP contribution in [-0.2, 0) is 14.3 Å². The van der Waals surface area contributed by atoms with E-state index in [9.17, 15) is 9.59 Å². The molecule has 1 rings (SSSR count). The third-order valence-electron chi connectivity index (χ3n) is 3.10. The summed E-state index contributed by atoms with van der Waals surface area (Å²) in [5.74, 6) is -1.07. The first kappa shape index (κ1) is 15.9. The van der Waals surface area contributed by atoms with Crippen molar-refractivity contribution in [3.05, 3.63) is 0 Å². The summed E-state index contributed by atoms with van der Waals surface area (Å²) in [7, 11) is 0. The summed E-state index contributed by atoms with van der Waals surface area (Å²) < 4.78 is 5.27. The summed E-state index contributed by atoms with van der Waals surface area (Å²) in [4.78, 5) is 24.5. The molecule has 1 aliphatic rings. The van der Waals surface area contributed by atoms with Crippen molar-refractivity contribution in [1.82, 2.24) is 10.2 Å². The van der Waals surface area contributed by atoms with Gasteiger partial charge in [0.2, 0.25) is 5.91 Å². The van der Waals surface area contributed by atoms with E-state index in [1.54, 1.807) is 6.92 Å². The first-order valence-electron chi connectivity index (χ1n) is 6.78. The van der Waals surface area contributed by atoms with Crippen molar-refractivity contribution in [3.63, 3.8) is 0 Å². The highest BCUT2D eigenvalue weighted by atomic mass is 16.5. The maximum Gasteiger partial charge on any atom is 0.303 e. The van der Waals surface area contributed by atoms with Gasteiger partial charge in [0.25, 0.3) is 0 Å². The molecule has 1 aliphatic heterocycles. The van der Waals surface area contributed by atoms with Crippen LogP contribution in [0.5, 0.6) is 0 Å². The number of morpholine rings is 1. The lowest BCUT2D eigenvalue weighted by Gasteiger charge is -2.29. The Hall–Kier alpha value is -1.14. The monoisotopic (exact) mass is 272 g/mol. The SMILES string of the molecule is CC(CC(=O)O)CC(=O)NC(C)CN1CCOCC1. The topological polar surface area (TPSA) is 78.9 Å². The average molecular weight is 272 g/mol. The molecule has 1 heterocycles. The zero-order chi connectivity index (χ0) is 14.3. The molecule has 0 saturated carbocycles. The second-order valence-corrected chi connectivity index (χ2v) is 5.29. The molecule has 0 aromatic rings. The van der Waals surface area contributed by atoms with Crippen molar-refractivity contribution in [3.8, 4) is 0 Å². The molecule has 0 aliphatic carbocycles. The molecule has 0 spiro atoms. The molecule has 1 saturated heterocycles. The molecule has 2 N–H and O–H groups in total. The summed E-state index contributed by atoms with van der Waals surface area (Å²) in [6, 6.07) is 0.0719. The molecule has 6 nitrogen and oxygen atoms in total. The number of carbonyl (C=O) groups is 2. The van der Waals surface area contributed by atoms with Gasteiger partial charge in [0, 0.05) is 38.5 Å². The van der Waals surface area contributed by atoms with E-state index in [1.807, 2.05) is 6.92 Å². The molecule has 19 heavy (non-hydrogen) atoms.